The van der Waals surface area contributed by atoms with Crippen LogP contribution < -0.4 is 16.6 Å². The number of aromatic nitrogens is 3. The van der Waals surface area contributed by atoms with Gasteiger partial charge >= 0.3 is 0 Å². The summed E-state index contributed by atoms with van der Waals surface area (Å²) in [4.78, 5) is 12.7. The number of anilines is 2. The molecular formula is C13H20N6O. The first kappa shape index (κ1) is 14.3. The van der Waals surface area contributed by atoms with Gasteiger partial charge < -0.3 is 15.2 Å². The Kier molecular flexibility index (Phi) is 4.19. The van der Waals surface area contributed by atoms with Crippen LogP contribution in [0.25, 0.3) is 0 Å². The van der Waals surface area contributed by atoms with Gasteiger partial charge in [0.2, 0.25) is 5.89 Å². The number of nitrogens with zero attached hydrogens (tertiary/aromatic N) is 3. The molecule has 7 nitrogen and oxygen atoms in total. The van der Waals surface area contributed by atoms with Crippen LogP contribution in [0.2, 0.25) is 0 Å². The highest BCUT2D eigenvalue weighted by molar-refractivity contribution is 5.58. The van der Waals surface area contributed by atoms with Gasteiger partial charge in [0.1, 0.15) is 23.7 Å². The Labute approximate surface area is 118 Å². The van der Waals surface area contributed by atoms with Gasteiger partial charge in [0.05, 0.1) is 12.2 Å². The smallest absolute Gasteiger partial charge is 0.213 e. The van der Waals surface area contributed by atoms with Crippen LogP contribution in [0.1, 0.15) is 42.7 Å². The molecule has 0 saturated carbocycles. The first-order chi connectivity index (χ1) is 9.52. The first-order valence-electron chi connectivity index (χ1n) is 6.51. The van der Waals surface area contributed by atoms with Gasteiger partial charge in [0.15, 0.2) is 0 Å². The summed E-state index contributed by atoms with van der Waals surface area (Å²) in [5, 5.41) is 3.22. The van der Waals surface area contributed by atoms with Gasteiger partial charge in [0.25, 0.3) is 0 Å². The minimum absolute atomic E-state index is 0.234. The molecule has 7 heteroatoms. The van der Waals surface area contributed by atoms with Crippen LogP contribution in [0.5, 0.6) is 0 Å². The quantitative estimate of drug-likeness (QED) is 0.567. The molecule has 2 aromatic heterocycles. The number of hydrazine groups is 1. The van der Waals surface area contributed by atoms with E-state index >= 15 is 0 Å². The summed E-state index contributed by atoms with van der Waals surface area (Å²) in [6.45, 7) is 8.40. The van der Waals surface area contributed by atoms with Crippen molar-refractivity contribution in [3.05, 3.63) is 29.2 Å². The highest BCUT2D eigenvalue weighted by atomic mass is 16.4. The van der Waals surface area contributed by atoms with Crippen LogP contribution in [0.4, 0.5) is 11.6 Å². The predicted molar refractivity (Wildman–Crippen MR) is 77.2 cm³/mol. The molecule has 0 atom stereocenters. The molecule has 0 bridgehead atoms. The molecule has 0 radical (unpaired) electrons. The van der Waals surface area contributed by atoms with Crippen molar-refractivity contribution < 1.29 is 4.42 Å². The zero-order valence-corrected chi connectivity index (χ0v) is 12.2. The highest BCUT2D eigenvalue weighted by Crippen LogP contribution is 2.27. The molecule has 0 saturated heterocycles. The molecule has 2 rings (SSSR count). The number of nitrogen functional groups attached to an aromatic ring is 1. The van der Waals surface area contributed by atoms with E-state index in [1.54, 1.807) is 0 Å². The number of nitrogens with two attached hydrogens (primary N) is 1. The van der Waals surface area contributed by atoms with Crippen LogP contribution in [0, 0.1) is 13.8 Å². The maximum atomic E-state index is 5.54. The Bertz CT molecular complexity index is 573. The van der Waals surface area contributed by atoms with Crippen molar-refractivity contribution >= 4 is 11.6 Å². The van der Waals surface area contributed by atoms with Crippen LogP contribution >= 0.6 is 0 Å². The lowest BCUT2D eigenvalue weighted by atomic mass is 10.0. The molecule has 2 heterocycles. The van der Waals surface area contributed by atoms with Crippen molar-refractivity contribution in [2.75, 3.05) is 10.7 Å². The van der Waals surface area contributed by atoms with Crippen molar-refractivity contribution in [2.45, 2.75) is 40.2 Å². The number of hydrogen-bond acceptors (Lipinski definition) is 7. The van der Waals surface area contributed by atoms with Gasteiger partial charge in [-0.15, -0.1) is 0 Å². The molecule has 0 aliphatic heterocycles. The summed E-state index contributed by atoms with van der Waals surface area (Å²) in [5.41, 5.74) is 4.44. The third kappa shape index (κ3) is 2.88. The second-order valence-corrected chi connectivity index (χ2v) is 4.89. The molecule has 0 aliphatic carbocycles. The maximum Gasteiger partial charge on any atom is 0.213 e. The molecule has 4 N–H and O–H groups in total. The second-order valence-electron chi connectivity index (χ2n) is 4.89. The molecule has 0 spiro atoms. The Hall–Kier alpha value is -2.15. The van der Waals surface area contributed by atoms with Crippen LogP contribution in [-0.4, -0.2) is 15.0 Å². The number of aryl methyl sites for hydroxylation is 2. The lowest BCUT2D eigenvalue weighted by Gasteiger charge is -2.15. The normalized spacial score (nSPS) is 10.9. The van der Waals surface area contributed by atoms with Gasteiger partial charge in [-0.2, -0.15) is 0 Å². The van der Waals surface area contributed by atoms with Crippen molar-refractivity contribution in [2.24, 2.45) is 5.84 Å². The second kappa shape index (κ2) is 5.87. The zero-order valence-electron chi connectivity index (χ0n) is 12.2. The molecule has 0 unspecified atom stereocenters. The standard InChI is InChI=1S/C13H20N6O/c1-7(2)11-12(16-6-17-13(11)19-14)15-5-10-18-8(3)9(4)20-10/h6-7H,5,14H2,1-4H3,(H2,15,16,17,19). The third-order valence-corrected chi connectivity index (χ3v) is 3.08. The lowest BCUT2D eigenvalue weighted by molar-refractivity contribution is 0.478. The molecule has 0 amide bonds. The minimum Gasteiger partial charge on any atom is -0.444 e. The van der Waals surface area contributed by atoms with Crippen molar-refractivity contribution in [1.29, 1.82) is 0 Å². The van der Waals surface area contributed by atoms with Gasteiger partial charge in [-0.1, -0.05) is 13.8 Å². The van der Waals surface area contributed by atoms with E-state index in [9.17, 15) is 0 Å². The monoisotopic (exact) mass is 276 g/mol. The average Bonchev–Trinajstić information content (AvgIpc) is 2.74. The molecule has 20 heavy (non-hydrogen) atoms. The Morgan fingerprint density at radius 1 is 1.25 bits per heavy atom. The molecule has 2 aromatic rings. The fraction of sp³-hybridized carbons (Fsp3) is 0.462. The van der Waals surface area contributed by atoms with E-state index in [1.165, 1.54) is 6.33 Å². The molecule has 0 aromatic carbocycles. The van der Waals surface area contributed by atoms with Gasteiger partial charge in [-0.25, -0.2) is 20.8 Å². The lowest BCUT2D eigenvalue weighted by Crippen LogP contribution is -2.15. The summed E-state index contributed by atoms with van der Waals surface area (Å²) >= 11 is 0. The number of hydrogen-bond donors (Lipinski definition) is 3. The van der Waals surface area contributed by atoms with E-state index < -0.39 is 0 Å². The van der Waals surface area contributed by atoms with Crippen LogP contribution in [0.3, 0.4) is 0 Å². The summed E-state index contributed by atoms with van der Waals surface area (Å²) in [6, 6.07) is 0. The van der Waals surface area contributed by atoms with Crippen LogP contribution in [0.15, 0.2) is 10.7 Å². The van der Waals surface area contributed by atoms with E-state index in [0.29, 0.717) is 18.3 Å². The summed E-state index contributed by atoms with van der Waals surface area (Å²) < 4.78 is 5.54. The fourth-order valence-corrected chi connectivity index (χ4v) is 1.97. The average molecular weight is 276 g/mol. The van der Waals surface area contributed by atoms with E-state index in [4.69, 9.17) is 10.3 Å². The van der Waals surface area contributed by atoms with E-state index in [0.717, 1.165) is 22.8 Å². The third-order valence-electron chi connectivity index (χ3n) is 3.08. The SMILES string of the molecule is Cc1nc(CNc2ncnc(NN)c2C(C)C)oc1C. The number of oxazole rings is 1. The minimum atomic E-state index is 0.234. The number of rotatable bonds is 5. The topological polar surface area (TPSA) is 102 Å². The summed E-state index contributed by atoms with van der Waals surface area (Å²) in [6.07, 6.45) is 1.47. The molecule has 0 aliphatic rings. The maximum absolute atomic E-state index is 5.54. The Morgan fingerprint density at radius 2 is 1.95 bits per heavy atom. The fourth-order valence-electron chi connectivity index (χ4n) is 1.97. The van der Waals surface area contributed by atoms with Crippen molar-refractivity contribution in [1.82, 2.24) is 15.0 Å². The van der Waals surface area contributed by atoms with Gasteiger partial charge in [-0.05, 0) is 19.8 Å². The summed E-state index contributed by atoms with van der Waals surface area (Å²) in [7, 11) is 0. The molecule has 0 fully saturated rings. The largest absolute Gasteiger partial charge is 0.444 e. The van der Waals surface area contributed by atoms with Crippen molar-refractivity contribution in [3.8, 4) is 0 Å². The van der Waals surface area contributed by atoms with Crippen LogP contribution in [-0.2, 0) is 6.54 Å². The summed E-state index contributed by atoms with van der Waals surface area (Å²) in [5.74, 6) is 8.54. The molecular weight excluding hydrogens is 256 g/mol. The predicted octanol–water partition coefficient (Wildman–Crippen LogP) is 2.10. The Balaban J connectivity index is 2.20. The van der Waals surface area contributed by atoms with Crippen molar-refractivity contribution in [3.63, 3.8) is 0 Å². The van der Waals surface area contributed by atoms with E-state index in [1.807, 2.05) is 13.8 Å². The highest BCUT2D eigenvalue weighted by Gasteiger charge is 2.15. The van der Waals surface area contributed by atoms with E-state index in [2.05, 4.69) is 39.5 Å². The van der Waals surface area contributed by atoms with Gasteiger partial charge in [-0.3, -0.25) is 0 Å². The van der Waals surface area contributed by atoms with Gasteiger partial charge in [0, 0.05) is 5.56 Å². The molecule has 108 valence electrons. The van der Waals surface area contributed by atoms with E-state index in [-0.39, 0.29) is 5.92 Å². The Morgan fingerprint density at radius 3 is 2.50 bits per heavy atom. The zero-order chi connectivity index (χ0) is 14.7. The first-order valence-corrected chi connectivity index (χ1v) is 6.51. The number of nitrogens with one attached hydrogen (secondary N) is 2.